The second-order valence-corrected chi connectivity index (χ2v) is 9.48. The molecule has 0 fully saturated rings. The Morgan fingerprint density at radius 3 is 1.65 bits per heavy atom. The molecule has 0 amide bonds. The molecule has 0 saturated heterocycles. The molecule has 0 saturated carbocycles. The van der Waals surface area contributed by atoms with Crippen molar-refractivity contribution in [2.45, 2.75) is 65.6 Å². The van der Waals surface area contributed by atoms with Crippen molar-refractivity contribution in [2.24, 2.45) is 10.8 Å². The highest BCUT2D eigenvalue weighted by Gasteiger charge is 2.47. The predicted octanol–water partition coefficient (Wildman–Crippen LogP) is 4.69. The number of esters is 2. The molecule has 4 rings (SSSR count). The van der Waals surface area contributed by atoms with Gasteiger partial charge in [-0.15, -0.1) is 0 Å². The molecule has 1 aliphatic heterocycles. The molecule has 0 aromatic heterocycles. The van der Waals surface area contributed by atoms with Crippen LogP contribution < -0.4 is 0 Å². The summed E-state index contributed by atoms with van der Waals surface area (Å²) in [5.41, 5.74) is 3.04. The van der Waals surface area contributed by atoms with E-state index in [4.69, 9.17) is 9.47 Å². The van der Waals surface area contributed by atoms with E-state index < -0.39 is 11.9 Å². The molecular weight excluding hydrogens is 328 g/mol. The fourth-order valence-electron chi connectivity index (χ4n) is 4.89. The Balaban J connectivity index is 1.86. The first-order chi connectivity index (χ1) is 12.2. The number of carbonyl (C=O) groups is 2. The van der Waals surface area contributed by atoms with Gasteiger partial charge in [0, 0.05) is 5.57 Å². The van der Waals surface area contributed by atoms with Crippen molar-refractivity contribution in [3.05, 3.63) is 46.5 Å². The Hall–Kier alpha value is -2.10. The lowest BCUT2D eigenvalue weighted by Gasteiger charge is -2.46. The molecule has 1 heterocycles. The second kappa shape index (κ2) is 5.70. The highest BCUT2D eigenvalue weighted by atomic mass is 16.6. The number of hydrogen-bond acceptors (Lipinski definition) is 4. The summed E-state index contributed by atoms with van der Waals surface area (Å²) in [6.45, 7) is 8.86. The molecule has 26 heavy (non-hydrogen) atoms. The van der Waals surface area contributed by atoms with Gasteiger partial charge < -0.3 is 9.47 Å². The number of hydrogen-bond donors (Lipinski definition) is 0. The van der Waals surface area contributed by atoms with Crippen molar-refractivity contribution in [1.29, 1.82) is 0 Å². The first-order valence-corrected chi connectivity index (χ1v) is 9.38. The third kappa shape index (κ3) is 2.95. The molecule has 4 heteroatoms. The first-order valence-electron chi connectivity index (χ1n) is 9.38. The Kier molecular flexibility index (Phi) is 3.80. The molecular formula is C22H26O4. The van der Waals surface area contributed by atoms with Gasteiger partial charge in [0.15, 0.2) is 0 Å². The lowest BCUT2D eigenvalue weighted by atomic mass is 9.63. The van der Waals surface area contributed by atoms with Crippen molar-refractivity contribution < 1.29 is 19.1 Å². The number of allylic oxidation sites excluding steroid dienone is 1. The lowest BCUT2D eigenvalue weighted by molar-refractivity contribution is -0.000872. The summed E-state index contributed by atoms with van der Waals surface area (Å²) in [4.78, 5) is 25.6. The second-order valence-electron chi connectivity index (χ2n) is 9.48. The van der Waals surface area contributed by atoms with Crippen molar-refractivity contribution in [2.75, 3.05) is 0 Å². The molecule has 3 aliphatic rings. The monoisotopic (exact) mass is 354 g/mol. The molecule has 2 aliphatic carbocycles. The van der Waals surface area contributed by atoms with Gasteiger partial charge in [-0.05, 0) is 48.6 Å². The molecule has 0 spiro atoms. The summed E-state index contributed by atoms with van der Waals surface area (Å²) in [6.07, 6.45) is 2.80. The lowest BCUT2D eigenvalue weighted by Crippen LogP contribution is -2.43. The molecule has 1 aromatic rings. The third-order valence-electron chi connectivity index (χ3n) is 5.83. The SMILES string of the molecule is CC1(C)CC2=C3C(C1)OC(=O)c1ccccc1C(=O)OC3CC(C)(C)C2. The first kappa shape index (κ1) is 17.3. The van der Waals surface area contributed by atoms with Gasteiger partial charge in [0.2, 0.25) is 0 Å². The Morgan fingerprint density at radius 1 is 0.808 bits per heavy atom. The van der Waals surface area contributed by atoms with E-state index in [1.807, 2.05) is 0 Å². The number of fused-ring (bicyclic) bond motifs is 1. The zero-order valence-electron chi connectivity index (χ0n) is 15.9. The van der Waals surface area contributed by atoms with Gasteiger partial charge in [0.25, 0.3) is 0 Å². The van der Waals surface area contributed by atoms with Gasteiger partial charge in [-0.25, -0.2) is 9.59 Å². The largest absolute Gasteiger partial charge is 0.454 e. The maximum Gasteiger partial charge on any atom is 0.339 e. The highest BCUT2D eigenvalue weighted by Crippen LogP contribution is 2.51. The van der Waals surface area contributed by atoms with Crippen LogP contribution in [0.15, 0.2) is 35.4 Å². The molecule has 0 bridgehead atoms. The summed E-state index contributed by atoms with van der Waals surface area (Å²) in [5, 5.41) is 0. The quantitative estimate of drug-likeness (QED) is 0.501. The maximum absolute atomic E-state index is 12.8. The minimum absolute atomic E-state index is 0.0549. The summed E-state index contributed by atoms with van der Waals surface area (Å²) < 4.78 is 11.9. The summed E-state index contributed by atoms with van der Waals surface area (Å²) >= 11 is 0. The van der Waals surface area contributed by atoms with E-state index in [1.165, 1.54) is 5.57 Å². The van der Waals surface area contributed by atoms with E-state index in [1.54, 1.807) is 24.3 Å². The van der Waals surface area contributed by atoms with Gasteiger partial charge in [-0.2, -0.15) is 0 Å². The molecule has 4 nitrogen and oxygen atoms in total. The van der Waals surface area contributed by atoms with E-state index in [-0.39, 0.29) is 23.0 Å². The van der Waals surface area contributed by atoms with Crippen LogP contribution in [0.5, 0.6) is 0 Å². The summed E-state index contributed by atoms with van der Waals surface area (Å²) in [6, 6.07) is 6.77. The van der Waals surface area contributed by atoms with Crippen molar-refractivity contribution >= 4 is 11.9 Å². The molecule has 2 unspecified atom stereocenters. The Morgan fingerprint density at radius 2 is 1.23 bits per heavy atom. The van der Waals surface area contributed by atoms with Gasteiger partial charge in [0.1, 0.15) is 12.2 Å². The minimum Gasteiger partial charge on any atom is -0.454 e. The number of ether oxygens (including phenoxy) is 2. The topological polar surface area (TPSA) is 52.6 Å². The van der Waals surface area contributed by atoms with Crippen LogP contribution >= 0.6 is 0 Å². The average molecular weight is 354 g/mol. The zero-order valence-corrected chi connectivity index (χ0v) is 15.9. The molecule has 2 atom stereocenters. The van der Waals surface area contributed by atoms with Crippen LogP contribution in [-0.4, -0.2) is 24.1 Å². The van der Waals surface area contributed by atoms with Crippen LogP contribution in [-0.2, 0) is 9.47 Å². The number of carbonyl (C=O) groups excluding carboxylic acids is 2. The minimum atomic E-state index is -0.433. The normalized spacial score (nSPS) is 29.4. The molecule has 1 aromatic carbocycles. The molecule has 0 radical (unpaired) electrons. The smallest absolute Gasteiger partial charge is 0.339 e. The molecule has 0 N–H and O–H groups in total. The number of rotatable bonds is 0. The fourth-order valence-corrected chi connectivity index (χ4v) is 4.89. The van der Waals surface area contributed by atoms with Gasteiger partial charge in [0.05, 0.1) is 11.1 Å². The highest BCUT2D eigenvalue weighted by molar-refractivity contribution is 6.03. The van der Waals surface area contributed by atoms with Crippen LogP contribution in [0.25, 0.3) is 0 Å². The van der Waals surface area contributed by atoms with Crippen LogP contribution in [0.4, 0.5) is 0 Å². The van der Waals surface area contributed by atoms with Crippen molar-refractivity contribution in [1.82, 2.24) is 0 Å². The van der Waals surface area contributed by atoms with Crippen molar-refractivity contribution in [3.8, 4) is 0 Å². The van der Waals surface area contributed by atoms with Crippen LogP contribution in [0.1, 0.15) is 74.1 Å². The van der Waals surface area contributed by atoms with Gasteiger partial charge in [-0.3, -0.25) is 0 Å². The van der Waals surface area contributed by atoms with E-state index in [0.29, 0.717) is 11.1 Å². The van der Waals surface area contributed by atoms with Crippen LogP contribution in [0.2, 0.25) is 0 Å². The Bertz CT molecular complexity index is 750. The molecule has 138 valence electrons. The van der Waals surface area contributed by atoms with Crippen LogP contribution in [0.3, 0.4) is 0 Å². The fraction of sp³-hybridized carbons (Fsp3) is 0.545. The van der Waals surface area contributed by atoms with Gasteiger partial charge >= 0.3 is 11.9 Å². The summed E-state index contributed by atoms with van der Waals surface area (Å²) in [7, 11) is 0. The van der Waals surface area contributed by atoms with Gasteiger partial charge in [-0.1, -0.05) is 45.4 Å². The van der Waals surface area contributed by atoms with Crippen molar-refractivity contribution in [3.63, 3.8) is 0 Å². The van der Waals surface area contributed by atoms with E-state index in [2.05, 4.69) is 27.7 Å². The van der Waals surface area contributed by atoms with E-state index in [9.17, 15) is 9.59 Å². The predicted molar refractivity (Wildman–Crippen MR) is 97.9 cm³/mol. The number of benzene rings is 1. The third-order valence-corrected chi connectivity index (χ3v) is 5.83. The van der Waals surface area contributed by atoms with E-state index >= 15 is 0 Å². The average Bonchev–Trinajstić information content (AvgIpc) is 2.54. The standard InChI is InChI=1S/C22H26O4/c1-21(2)9-13-10-22(3,4)12-17-18(13)16(11-21)25-19(23)14-7-5-6-8-15(14)20(24)26-17/h5-8,16-17H,9-12H2,1-4H3. The van der Waals surface area contributed by atoms with Crippen LogP contribution in [0, 0.1) is 10.8 Å². The van der Waals surface area contributed by atoms with E-state index in [0.717, 1.165) is 31.3 Å². The Labute approximate surface area is 154 Å². The maximum atomic E-state index is 12.8. The zero-order chi connectivity index (χ0) is 18.7. The summed E-state index contributed by atoms with van der Waals surface area (Å²) in [5.74, 6) is -0.866.